The van der Waals surface area contributed by atoms with E-state index >= 15 is 0 Å². The molecule has 0 spiro atoms. The number of urea groups is 1. The molecule has 0 aromatic rings. The topological polar surface area (TPSA) is 89.9 Å². The zero-order valence-electron chi connectivity index (χ0n) is 27.7. The van der Waals surface area contributed by atoms with Crippen molar-refractivity contribution in [2.24, 2.45) is 29.1 Å². The minimum absolute atomic E-state index is 0.114. The van der Waals surface area contributed by atoms with Gasteiger partial charge in [0.2, 0.25) is 0 Å². The molecule has 7 heteroatoms. The van der Waals surface area contributed by atoms with E-state index in [4.69, 9.17) is 5.11 Å². The SMILES string of the molecule is C=C1CCC(O)C/C1=C/C=C1\CCCC2(C)[C@H]1C(N1C(=O)N[C@@H]3CS[C@H](CCCCC(=O)O)[C@@H]31)C[C@@H]2[C@H](C)CCCC(C)C. The lowest BCUT2D eigenvalue weighted by Gasteiger charge is -2.46. The molecule has 0 bridgehead atoms. The molecule has 9 atom stereocenters. The van der Waals surface area contributed by atoms with Crippen molar-refractivity contribution in [1.82, 2.24) is 10.2 Å². The third-order valence-corrected chi connectivity index (χ3v) is 13.5. The van der Waals surface area contributed by atoms with Crippen molar-refractivity contribution in [1.29, 1.82) is 0 Å². The van der Waals surface area contributed by atoms with E-state index in [1.165, 1.54) is 43.3 Å². The number of fused-ring (bicyclic) bond motifs is 2. The average molecular weight is 627 g/mol. The second kappa shape index (κ2) is 14.4. The van der Waals surface area contributed by atoms with Crippen LogP contribution in [-0.2, 0) is 4.79 Å². The molecule has 5 fully saturated rings. The number of nitrogens with zero attached hydrogens (tertiary/aromatic N) is 1. The fourth-order valence-corrected chi connectivity index (χ4v) is 11.3. The van der Waals surface area contributed by atoms with Gasteiger partial charge in [0.05, 0.1) is 18.2 Å². The highest BCUT2D eigenvalue weighted by molar-refractivity contribution is 8.00. The smallest absolute Gasteiger partial charge is 0.318 e. The molecule has 5 rings (SSSR count). The predicted molar refractivity (Wildman–Crippen MR) is 181 cm³/mol. The zero-order valence-corrected chi connectivity index (χ0v) is 28.5. The van der Waals surface area contributed by atoms with Crippen molar-refractivity contribution in [2.45, 2.75) is 147 Å². The third kappa shape index (κ3) is 7.14. The molecule has 2 saturated heterocycles. The highest BCUT2D eigenvalue weighted by Gasteiger charge is 2.61. The van der Waals surface area contributed by atoms with Gasteiger partial charge in [0, 0.05) is 29.4 Å². The van der Waals surface area contributed by atoms with E-state index < -0.39 is 5.97 Å². The molecule has 0 aromatic heterocycles. The number of hydrogen-bond acceptors (Lipinski definition) is 4. The number of unbranched alkanes of at least 4 members (excludes halogenated alkanes) is 1. The van der Waals surface area contributed by atoms with Crippen molar-refractivity contribution in [3.05, 3.63) is 35.5 Å². The Morgan fingerprint density at radius 1 is 1.18 bits per heavy atom. The molecule has 3 N–H and O–H groups in total. The van der Waals surface area contributed by atoms with Crippen molar-refractivity contribution < 1.29 is 19.8 Å². The Morgan fingerprint density at radius 2 is 1.98 bits per heavy atom. The van der Waals surface area contributed by atoms with E-state index in [-0.39, 0.29) is 42.1 Å². The summed E-state index contributed by atoms with van der Waals surface area (Å²) in [5.74, 6) is 2.46. The molecule has 0 aromatic carbocycles. The van der Waals surface area contributed by atoms with E-state index in [9.17, 15) is 14.7 Å². The molecule has 246 valence electrons. The van der Waals surface area contributed by atoms with Gasteiger partial charge in [0.1, 0.15) is 0 Å². The van der Waals surface area contributed by atoms with Gasteiger partial charge in [-0.2, -0.15) is 11.8 Å². The summed E-state index contributed by atoms with van der Waals surface area (Å²) in [5.41, 5.74) is 3.97. The first-order valence-electron chi connectivity index (χ1n) is 17.7. The molecule has 0 radical (unpaired) electrons. The maximum absolute atomic E-state index is 13.9. The number of carboxylic acid groups (broad SMARTS) is 1. The van der Waals surface area contributed by atoms with Crippen LogP contribution in [0.4, 0.5) is 4.79 Å². The Bertz CT molecular complexity index is 1130. The highest BCUT2D eigenvalue weighted by atomic mass is 32.2. The molecule has 5 aliphatic rings. The Morgan fingerprint density at radius 3 is 2.73 bits per heavy atom. The molecular weight excluding hydrogens is 568 g/mol. The van der Waals surface area contributed by atoms with Crippen molar-refractivity contribution in [3.63, 3.8) is 0 Å². The molecule has 2 amide bonds. The molecule has 2 heterocycles. The van der Waals surface area contributed by atoms with Crippen LogP contribution in [0.5, 0.6) is 0 Å². The minimum atomic E-state index is -0.724. The maximum Gasteiger partial charge on any atom is 0.318 e. The lowest BCUT2D eigenvalue weighted by molar-refractivity contribution is -0.137. The van der Waals surface area contributed by atoms with Crippen LogP contribution >= 0.6 is 11.8 Å². The number of allylic oxidation sites excluding steroid dienone is 3. The second-order valence-electron chi connectivity index (χ2n) is 15.4. The molecule has 3 saturated carbocycles. The summed E-state index contributed by atoms with van der Waals surface area (Å²) in [4.78, 5) is 27.3. The van der Waals surface area contributed by atoms with Gasteiger partial charge in [-0.15, -0.1) is 0 Å². The van der Waals surface area contributed by atoms with Gasteiger partial charge < -0.3 is 20.4 Å². The fourth-order valence-electron chi connectivity index (χ4n) is 9.76. The Balaban J connectivity index is 1.45. The monoisotopic (exact) mass is 626 g/mol. The van der Waals surface area contributed by atoms with E-state index in [1.54, 1.807) is 0 Å². The summed E-state index contributed by atoms with van der Waals surface area (Å²) in [6.07, 6.45) is 17.8. The lowest BCUT2D eigenvalue weighted by atomic mass is 9.60. The number of nitrogens with one attached hydrogen (secondary N) is 1. The summed E-state index contributed by atoms with van der Waals surface area (Å²) < 4.78 is 0. The Kier molecular flexibility index (Phi) is 11.0. The van der Waals surface area contributed by atoms with Crippen LogP contribution in [0.3, 0.4) is 0 Å². The van der Waals surface area contributed by atoms with Crippen LogP contribution in [0.15, 0.2) is 35.5 Å². The van der Waals surface area contributed by atoms with Crippen LogP contribution in [0, 0.1) is 29.1 Å². The third-order valence-electron chi connectivity index (χ3n) is 12.0. The number of amides is 2. The normalized spacial score (nSPS) is 38.0. The van der Waals surface area contributed by atoms with Gasteiger partial charge >= 0.3 is 12.0 Å². The Hall–Kier alpha value is -1.73. The number of aliphatic hydroxyl groups excluding tert-OH is 1. The highest BCUT2D eigenvalue weighted by Crippen LogP contribution is 2.62. The number of aliphatic hydroxyl groups is 1. The fraction of sp³-hybridized carbons (Fsp3) is 0.784. The first-order valence-corrected chi connectivity index (χ1v) is 18.7. The van der Waals surface area contributed by atoms with Crippen molar-refractivity contribution in [2.75, 3.05) is 5.75 Å². The van der Waals surface area contributed by atoms with E-state index in [2.05, 4.69) is 56.6 Å². The number of rotatable bonds is 12. The van der Waals surface area contributed by atoms with E-state index in [1.807, 2.05) is 11.8 Å². The number of aliphatic carboxylic acids is 1. The van der Waals surface area contributed by atoms with Gasteiger partial charge in [-0.3, -0.25) is 4.79 Å². The van der Waals surface area contributed by atoms with Gasteiger partial charge in [-0.1, -0.05) is 83.3 Å². The minimum Gasteiger partial charge on any atom is -0.481 e. The summed E-state index contributed by atoms with van der Waals surface area (Å²) in [7, 11) is 0. The summed E-state index contributed by atoms with van der Waals surface area (Å²) in [6, 6.07) is 0.647. The second-order valence-corrected chi connectivity index (χ2v) is 16.7. The summed E-state index contributed by atoms with van der Waals surface area (Å²) >= 11 is 1.98. The van der Waals surface area contributed by atoms with Crippen molar-refractivity contribution in [3.8, 4) is 0 Å². The first-order chi connectivity index (χ1) is 21.0. The average Bonchev–Trinajstić information content (AvgIpc) is 3.60. The zero-order chi connectivity index (χ0) is 31.6. The van der Waals surface area contributed by atoms with E-state index in [0.29, 0.717) is 35.8 Å². The van der Waals surface area contributed by atoms with Crippen LogP contribution in [0.2, 0.25) is 0 Å². The summed E-state index contributed by atoms with van der Waals surface area (Å²) in [5, 5.41) is 23.3. The predicted octanol–water partition coefficient (Wildman–Crippen LogP) is 8.12. The van der Waals surface area contributed by atoms with Gasteiger partial charge in [0.15, 0.2) is 0 Å². The number of carbonyl (C=O) groups is 2. The quantitative estimate of drug-likeness (QED) is 0.150. The van der Waals surface area contributed by atoms with E-state index in [0.717, 1.165) is 55.8 Å². The Labute approximate surface area is 270 Å². The van der Waals surface area contributed by atoms with Crippen molar-refractivity contribution >= 4 is 23.8 Å². The molecule has 2 aliphatic heterocycles. The summed E-state index contributed by atoms with van der Waals surface area (Å²) in [6.45, 7) is 14.0. The standard InChI is InChI=1S/C37H58N2O4S/c1-23(2)10-8-11-25(4)29-21-31(39-35-30(38-36(39)43)22-44-32(35)13-6-7-14-33(41)42)34-26(12-9-19-37(29,34)5)16-17-27-20-28(40)18-15-24(27)3/h16-17,23,25,28-32,34-35,40H,3,6-15,18-22H2,1-2,4-5H3,(H,38,43)(H,41,42)/b26-16+,27-17-/t25-,28?,29-,30-,31?,32-,34-,35-,37?/m1/s1. The molecule has 44 heavy (non-hydrogen) atoms. The van der Waals surface area contributed by atoms with Gasteiger partial charge in [0.25, 0.3) is 0 Å². The molecule has 3 aliphatic carbocycles. The first kappa shape index (κ1) is 33.6. The number of thioether (sulfide) groups is 1. The van der Waals surface area contributed by atoms with Crippen LogP contribution in [0.25, 0.3) is 0 Å². The van der Waals surface area contributed by atoms with Crippen LogP contribution in [0.1, 0.15) is 118 Å². The number of hydrogen-bond donors (Lipinski definition) is 3. The number of carboxylic acids is 1. The lowest BCUT2D eigenvalue weighted by Crippen LogP contribution is -2.51. The van der Waals surface area contributed by atoms with Gasteiger partial charge in [-0.25, -0.2) is 4.79 Å². The molecule has 6 nitrogen and oxygen atoms in total. The molecular formula is C37H58N2O4S. The van der Waals surface area contributed by atoms with Crippen LogP contribution in [-0.4, -0.2) is 62.3 Å². The largest absolute Gasteiger partial charge is 0.481 e. The maximum atomic E-state index is 13.9. The van der Waals surface area contributed by atoms with Gasteiger partial charge in [-0.05, 0) is 86.5 Å². The number of carbonyl (C=O) groups excluding carboxylic acids is 1. The molecule has 3 unspecified atom stereocenters. The van der Waals surface area contributed by atoms with Crippen LogP contribution < -0.4 is 5.32 Å².